The van der Waals surface area contributed by atoms with Crippen LogP contribution in [0.4, 0.5) is 0 Å². The molecule has 0 saturated carbocycles. The van der Waals surface area contributed by atoms with Gasteiger partial charge in [-0.15, -0.1) is 16.9 Å². The Labute approximate surface area is 137 Å². The topological polar surface area (TPSA) is 101 Å². The van der Waals surface area contributed by atoms with Crippen molar-refractivity contribution in [3.05, 3.63) is 36.5 Å². The summed E-state index contributed by atoms with van der Waals surface area (Å²) in [6, 6.07) is 8.80. The van der Waals surface area contributed by atoms with Gasteiger partial charge in [0.1, 0.15) is 35.5 Å². The first-order valence-electron chi connectivity index (χ1n) is 7.28. The molecule has 1 fully saturated rings. The zero-order valence-electron chi connectivity index (χ0n) is 12.6. The van der Waals surface area contributed by atoms with Gasteiger partial charge in [-0.05, 0) is 6.26 Å². The highest BCUT2D eigenvalue weighted by molar-refractivity contribution is 7.99. The number of nitrogens with zero attached hydrogens (tertiary/aromatic N) is 3. The number of hydrogen-bond donors (Lipinski definition) is 3. The van der Waals surface area contributed by atoms with Crippen LogP contribution in [0.5, 0.6) is 0 Å². The van der Waals surface area contributed by atoms with Gasteiger partial charge in [-0.1, -0.05) is 35.5 Å². The minimum atomic E-state index is -1.08. The fourth-order valence-corrected chi connectivity index (χ4v) is 3.43. The number of thioether (sulfide) groups is 1. The van der Waals surface area contributed by atoms with Gasteiger partial charge in [0, 0.05) is 5.56 Å². The van der Waals surface area contributed by atoms with E-state index in [0.29, 0.717) is 5.69 Å². The van der Waals surface area contributed by atoms with Crippen LogP contribution in [0.1, 0.15) is 6.04 Å². The first-order valence-corrected chi connectivity index (χ1v) is 8.57. The minimum absolute atomic E-state index is 0.332. The fraction of sp³-hybridized carbons (Fsp3) is 0.467. The minimum Gasteiger partial charge on any atom is -0.394 e. The van der Waals surface area contributed by atoms with Gasteiger partial charge in [0.15, 0.2) is 0 Å². The summed E-state index contributed by atoms with van der Waals surface area (Å²) in [6.45, 7) is -0.332. The van der Waals surface area contributed by atoms with Crippen LogP contribution in [-0.4, -0.2) is 66.9 Å². The molecule has 0 bridgehead atoms. The van der Waals surface area contributed by atoms with E-state index >= 15 is 0 Å². The number of aliphatic hydroxyl groups is 3. The highest BCUT2D eigenvalue weighted by atomic mass is 32.2. The van der Waals surface area contributed by atoms with E-state index in [1.807, 2.05) is 30.3 Å². The molecule has 8 heteroatoms. The van der Waals surface area contributed by atoms with Crippen molar-refractivity contribution in [1.29, 1.82) is 0 Å². The Hall–Kier alpha value is -1.45. The largest absolute Gasteiger partial charge is 0.394 e. The second kappa shape index (κ2) is 6.98. The monoisotopic (exact) mass is 337 g/mol. The van der Waals surface area contributed by atoms with E-state index in [1.165, 1.54) is 16.4 Å². The van der Waals surface area contributed by atoms with Crippen molar-refractivity contribution in [2.24, 2.45) is 0 Å². The van der Waals surface area contributed by atoms with E-state index in [0.717, 1.165) is 5.56 Å². The van der Waals surface area contributed by atoms with E-state index in [2.05, 4.69) is 10.3 Å². The van der Waals surface area contributed by atoms with E-state index in [4.69, 9.17) is 4.74 Å². The standard InChI is InChI=1S/C15H19N3O4S/c1-23-15-14(21)12(13(20)11(8-19)22-15)18-7-10(16-17-18)9-5-3-2-4-6-9/h2-7,11-15,19-21H,8H2,1H3/t11?,12-,13-,14?,15-/m0/s1. The lowest BCUT2D eigenvalue weighted by Gasteiger charge is -2.41. The van der Waals surface area contributed by atoms with Crippen LogP contribution in [0, 0.1) is 0 Å². The Morgan fingerprint density at radius 1 is 1.22 bits per heavy atom. The third-order valence-corrected chi connectivity index (χ3v) is 4.82. The molecule has 2 aromatic rings. The molecule has 0 amide bonds. The van der Waals surface area contributed by atoms with Crippen molar-refractivity contribution < 1.29 is 20.1 Å². The van der Waals surface area contributed by atoms with E-state index < -0.39 is 29.8 Å². The summed E-state index contributed by atoms with van der Waals surface area (Å²) in [6.07, 6.45) is 0.666. The maximum atomic E-state index is 10.5. The van der Waals surface area contributed by atoms with E-state index in [-0.39, 0.29) is 6.61 Å². The molecule has 23 heavy (non-hydrogen) atoms. The molecule has 1 aliphatic rings. The summed E-state index contributed by atoms with van der Waals surface area (Å²) in [7, 11) is 0. The van der Waals surface area contributed by atoms with Crippen LogP contribution in [0.2, 0.25) is 0 Å². The summed E-state index contributed by atoms with van der Waals surface area (Å²) >= 11 is 1.32. The van der Waals surface area contributed by atoms with Gasteiger partial charge in [0.05, 0.1) is 12.8 Å². The summed E-state index contributed by atoms with van der Waals surface area (Å²) in [4.78, 5) is 0. The van der Waals surface area contributed by atoms with Gasteiger partial charge in [-0.2, -0.15) is 0 Å². The molecule has 2 unspecified atom stereocenters. The van der Waals surface area contributed by atoms with Crippen LogP contribution in [-0.2, 0) is 4.74 Å². The summed E-state index contributed by atoms with van der Waals surface area (Å²) in [5, 5.41) is 38.4. The van der Waals surface area contributed by atoms with Gasteiger partial charge in [-0.3, -0.25) is 0 Å². The molecule has 1 aromatic carbocycles. The molecule has 3 rings (SSSR count). The van der Waals surface area contributed by atoms with Crippen molar-refractivity contribution in [2.45, 2.75) is 29.8 Å². The number of benzene rings is 1. The highest BCUT2D eigenvalue weighted by Crippen LogP contribution is 2.34. The van der Waals surface area contributed by atoms with Crippen LogP contribution in [0.25, 0.3) is 11.3 Å². The number of ether oxygens (including phenoxy) is 1. The van der Waals surface area contributed by atoms with E-state index in [1.54, 1.807) is 12.5 Å². The Bertz CT molecular complexity index is 623. The van der Waals surface area contributed by atoms with Gasteiger partial charge >= 0.3 is 0 Å². The average Bonchev–Trinajstić information content (AvgIpc) is 3.06. The molecule has 1 aromatic heterocycles. The second-order valence-electron chi connectivity index (χ2n) is 5.38. The van der Waals surface area contributed by atoms with Crippen molar-refractivity contribution in [2.75, 3.05) is 12.9 Å². The lowest BCUT2D eigenvalue weighted by molar-refractivity contribution is -0.178. The molecule has 3 N–H and O–H groups in total. The Kier molecular flexibility index (Phi) is 4.98. The van der Waals surface area contributed by atoms with Crippen LogP contribution in [0.15, 0.2) is 36.5 Å². The van der Waals surface area contributed by atoms with Gasteiger partial charge in [-0.25, -0.2) is 4.68 Å². The zero-order valence-corrected chi connectivity index (χ0v) is 13.4. The third kappa shape index (κ3) is 3.13. The molecule has 7 nitrogen and oxygen atoms in total. The van der Waals surface area contributed by atoms with Gasteiger partial charge in [0.2, 0.25) is 0 Å². The van der Waals surface area contributed by atoms with Crippen LogP contribution < -0.4 is 0 Å². The molecule has 5 atom stereocenters. The van der Waals surface area contributed by atoms with Gasteiger partial charge in [0.25, 0.3) is 0 Å². The first-order chi connectivity index (χ1) is 11.2. The Morgan fingerprint density at radius 3 is 2.61 bits per heavy atom. The number of hydrogen-bond acceptors (Lipinski definition) is 7. The van der Waals surface area contributed by atoms with Gasteiger partial charge < -0.3 is 20.1 Å². The quantitative estimate of drug-likeness (QED) is 0.737. The highest BCUT2D eigenvalue weighted by Gasteiger charge is 2.45. The molecule has 2 heterocycles. The third-order valence-electron chi connectivity index (χ3n) is 3.97. The predicted octanol–water partition coefficient (Wildman–Crippen LogP) is 0.288. The van der Waals surface area contributed by atoms with Crippen LogP contribution in [0.3, 0.4) is 0 Å². The Morgan fingerprint density at radius 2 is 1.96 bits per heavy atom. The van der Waals surface area contributed by atoms with Crippen molar-refractivity contribution in [3.8, 4) is 11.3 Å². The molecule has 0 radical (unpaired) electrons. The first kappa shape index (κ1) is 16.4. The average molecular weight is 337 g/mol. The number of rotatable bonds is 4. The molecule has 1 aliphatic heterocycles. The fourth-order valence-electron chi connectivity index (χ4n) is 2.74. The second-order valence-corrected chi connectivity index (χ2v) is 6.32. The summed E-state index contributed by atoms with van der Waals surface area (Å²) in [5.74, 6) is 0. The molecule has 0 aliphatic carbocycles. The lowest BCUT2D eigenvalue weighted by atomic mass is 9.97. The normalized spacial score (nSPS) is 31.2. The molecule has 1 saturated heterocycles. The lowest BCUT2D eigenvalue weighted by Crippen LogP contribution is -2.54. The van der Waals surface area contributed by atoms with Crippen molar-refractivity contribution >= 4 is 11.8 Å². The summed E-state index contributed by atoms with van der Waals surface area (Å²) < 4.78 is 6.95. The molecule has 0 spiro atoms. The molecular formula is C15H19N3O4S. The SMILES string of the molecule is CS[C@@H]1OC(CO)[C@H](O)[C@H](n2cc(-c3ccccc3)nn2)C1O. The zero-order chi connectivity index (χ0) is 16.4. The Balaban J connectivity index is 1.91. The summed E-state index contributed by atoms with van der Waals surface area (Å²) in [5.41, 5.74) is 0.998. The smallest absolute Gasteiger partial charge is 0.131 e. The van der Waals surface area contributed by atoms with Crippen molar-refractivity contribution in [3.63, 3.8) is 0 Å². The number of aliphatic hydroxyl groups excluding tert-OH is 3. The maximum Gasteiger partial charge on any atom is 0.131 e. The van der Waals surface area contributed by atoms with Crippen LogP contribution >= 0.6 is 11.8 Å². The molecule has 124 valence electrons. The number of aromatic nitrogens is 3. The maximum absolute atomic E-state index is 10.5. The van der Waals surface area contributed by atoms with Crippen molar-refractivity contribution in [1.82, 2.24) is 15.0 Å². The van der Waals surface area contributed by atoms with E-state index in [9.17, 15) is 15.3 Å². The predicted molar refractivity (Wildman–Crippen MR) is 85.8 cm³/mol. The molecular weight excluding hydrogens is 318 g/mol.